The van der Waals surface area contributed by atoms with E-state index < -0.39 is 5.97 Å². The minimum absolute atomic E-state index is 0.149. The lowest BCUT2D eigenvalue weighted by Gasteiger charge is -2.17. The quantitative estimate of drug-likeness (QED) is 0.832. The van der Waals surface area contributed by atoms with E-state index in [0.29, 0.717) is 19.5 Å². The first-order valence-corrected chi connectivity index (χ1v) is 6.54. The van der Waals surface area contributed by atoms with Gasteiger partial charge in [-0.3, -0.25) is 4.90 Å². The number of urea groups is 1. The third kappa shape index (κ3) is 2.99. The largest absolute Gasteiger partial charge is 0.478 e. The molecule has 5 heteroatoms. The number of carbonyl (C=O) groups excluding carboxylic acids is 1. The number of fused-ring (bicyclic) bond motifs is 1. The van der Waals surface area contributed by atoms with E-state index in [1.54, 1.807) is 17.0 Å². The predicted molar refractivity (Wildman–Crippen MR) is 77.3 cm³/mol. The van der Waals surface area contributed by atoms with E-state index in [4.69, 9.17) is 5.11 Å². The maximum absolute atomic E-state index is 12.1. The average Bonchev–Trinajstić information content (AvgIpc) is 2.80. The predicted octanol–water partition coefficient (Wildman–Crippen LogP) is 2.42. The Morgan fingerprint density at radius 1 is 1.40 bits per heavy atom. The first kappa shape index (κ1) is 14.1. The molecule has 2 N–H and O–H groups in total. The molecule has 0 saturated carbocycles. The van der Waals surface area contributed by atoms with Crippen LogP contribution in [0.2, 0.25) is 0 Å². The molecule has 0 aliphatic carbocycles. The SMILES string of the molecule is CC(C)=CCNC(=O)N1CCc2cc(C(=O)O)ccc21. The standard InChI is InChI=1S/C15H18N2O3/c1-10(2)5-7-16-15(20)17-8-6-11-9-12(14(18)19)3-4-13(11)17/h3-5,9H,6-8H2,1-2H3,(H,16,20)(H,18,19). The molecular weight excluding hydrogens is 256 g/mol. The number of hydrogen-bond donors (Lipinski definition) is 2. The van der Waals surface area contributed by atoms with Gasteiger partial charge in [0.15, 0.2) is 0 Å². The fourth-order valence-electron chi connectivity index (χ4n) is 2.18. The van der Waals surface area contributed by atoms with Gasteiger partial charge in [-0.25, -0.2) is 9.59 Å². The van der Waals surface area contributed by atoms with E-state index in [1.165, 1.54) is 6.07 Å². The van der Waals surface area contributed by atoms with E-state index in [2.05, 4.69) is 5.32 Å². The summed E-state index contributed by atoms with van der Waals surface area (Å²) >= 11 is 0. The molecule has 0 spiro atoms. The zero-order valence-electron chi connectivity index (χ0n) is 11.6. The van der Waals surface area contributed by atoms with Crippen molar-refractivity contribution in [2.24, 2.45) is 0 Å². The number of amides is 2. The fourth-order valence-corrected chi connectivity index (χ4v) is 2.18. The number of nitrogens with one attached hydrogen (secondary N) is 1. The van der Waals surface area contributed by atoms with Gasteiger partial charge in [-0.15, -0.1) is 0 Å². The van der Waals surface area contributed by atoms with Crippen molar-refractivity contribution >= 4 is 17.7 Å². The van der Waals surface area contributed by atoms with Crippen molar-refractivity contribution in [1.29, 1.82) is 0 Å². The van der Waals surface area contributed by atoms with Gasteiger partial charge in [0.05, 0.1) is 5.56 Å². The van der Waals surface area contributed by atoms with Crippen LogP contribution in [-0.4, -0.2) is 30.2 Å². The molecule has 1 aliphatic rings. The summed E-state index contributed by atoms with van der Waals surface area (Å²) in [6, 6.07) is 4.72. The zero-order valence-corrected chi connectivity index (χ0v) is 11.6. The van der Waals surface area contributed by atoms with Crippen molar-refractivity contribution in [3.63, 3.8) is 0 Å². The highest BCUT2D eigenvalue weighted by Crippen LogP contribution is 2.28. The number of carboxylic acid groups (broad SMARTS) is 1. The number of rotatable bonds is 3. The Kier molecular flexibility index (Phi) is 4.08. The van der Waals surface area contributed by atoms with Gasteiger partial charge in [0.1, 0.15) is 0 Å². The molecule has 2 rings (SSSR count). The van der Waals surface area contributed by atoms with Crippen molar-refractivity contribution in [3.05, 3.63) is 41.0 Å². The van der Waals surface area contributed by atoms with Crippen LogP contribution >= 0.6 is 0 Å². The van der Waals surface area contributed by atoms with Crippen LogP contribution in [0.25, 0.3) is 0 Å². The van der Waals surface area contributed by atoms with Crippen molar-refractivity contribution in [3.8, 4) is 0 Å². The number of nitrogens with zero attached hydrogens (tertiary/aromatic N) is 1. The van der Waals surface area contributed by atoms with Gasteiger partial charge in [-0.05, 0) is 44.0 Å². The Labute approximate surface area is 117 Å². The summed E-state index contributed by atoms with van der Waals surface area (Å²) in [6.07, 6.45) is 2.63. The molecule has 0 unspecified atom stereocenters. The smallest absolute Gasteiger partial charge is 0.335 e. The van der Waals surface area contributed by atoms with Crippen LogP contribution in [0.15, 0.2) is 29.8 Å². The first-order chi connectivity index (χ1) is 9.49. The summed E-state index contributed by atoms with van der Waals surface area (Å²) in [7, 11) is 0. The van der Waals surface area contributed by atoms with Crippen molar-refractivity contribution in [2.75, 3.05) is 18.0 Å². The van der Waals surface area contributed by atoms with Crippen LogP contribution in [0.5, 0.6) is 0 Å². The van der Waals surface area contributed by atoms with Crippen molar-refractivity contribution in [1.82, 2.24) is 5.32 Å². The van der Waals surface area contributed by atoms with Gasteiger partial charge < -0.3 is 10.4 Å². The number of aromatic carboxylic acids is 1. The van der Waals surface area contributed by atoms with Crippen LogP contribution in [-0.2, 0) is 6.42 Å². The molecule has 1 aromatic rings. The molecular formula is C15H18N2O3. The van der Waals surface area contributed by atoms with Crippen molar-refractivity contribution in [2.45, 2.75) is 20.3 Å². The minimum Gasteiger partial charge on any atom is -0.478 e. The highest BCUT2D eigenvalue weighted by atomic mass is 16.4. The molecule has 0 aromatic heterocycles. The van der Waals surface area contributed by atoms with Crippen LogP contribution in [0.1, 0.15) is 29.8 Å². The Balaban J connectivity index is 2.10. The molecule has 0 radical (unpaired) electrons. The summed E-state index contributed by atoms with van der Waals surface area (Å²) in [5.74, 6) is -0.945. The summed E-state index contributed by atoms with van der Waals surface area (Å²) < 4.78 is 0. The summed E-state index contributed by atoms with van der Waals surface area (Å²) in [6.45, 7) is 5.04. The Morgan fingerprint density at radius 3 is 2.80 bits per heavy atom. The minimum atomic E-state index is -0.945. The zero-order chi connectivity index (χ0) is 14.7. The average molecular weight is 274 g/mol. The van der Waals surface area contributed by atoms with E-state index in [9.17, 15) is 9.59 Å². The second-order valence-corrected chi connectivity index (χ2v) is 5.02. The maximum atomic E-state index is 12.1. The molecule has 0 fully saturated rings. The normalized spacial score (nSPS) is 12.8. The number of anilines is 1. The van der Waals surface area contributed by atoms with Gasteiger partial charge in [-0.2, -0.15) is 0 Å². The Hall–Kier alpha value is -2.30. The number of hydrogen-bond acceptors (Lipinski definition) is 2. The van der Waals surface area contributed by atoms with Crippen LogP contribution < -0.4 is 10.2 Å². The molecule has 1 aliphatic heterocycles. The van der Waals surface area contributed by atoms with E-state index in [0.717, 1.165) is 16.8 Å². The monoisotopic (exact) mass is 274 g/mol. The first-order valence-electron chi connectivity index (χ1n) is 6.54. The molecule has 5 nitrogen and oxygen atoms in total. The Bertz CT molecular complexity index is 574. The third-order valence-corrected chi connectivity index (χ3v) is 3.23. The lowest BCUT2D eigenvalue weighted by atomic mass is 10.1. The number of carbonyl (C=O) groups is 2. The van der Waals surface area contributed by atoms with E-state index in [-0.39, 0.29) is 11.6 Å². The molecule has 106 valence electrons. The highest BCUT2D eigenvalue weighted by molar-refractivity contribution is 5.96. The number of benzene rings is 1. The molecule has 0 atom stereocenters. The lowest BCUT2D eigenvalue weighted by molar-refractivity contribution is 0.0697. The molecule has 0 saturated heterocycles. The van der Waals surface area contributed by atoms with E-state index >= 15 is 0 Å². The van der Waals surface area contributed by atoms with Gasteiger partial charge >= 0.3 is 12.0 Å². The van der Waals surface area contributed by atoms with E-state index in [1.807, 2.05) is 19.9 Å². The van der Waals surface area contributed by atoms with Crippen LogP contribution in [0.4, 0.5) is 10.5 Å². The number of allylic oxidation sites excluding steroid dienone is 1. The lowest BCUT2D eigenvalue weighted by Crippen LogP contribution is -2.39. The second kappa shape index (κ2) is 5.77. The fraction of sp³-hybridized carbons (Fsp3) is 0.333. The third-order valence-electron chi connectivity index (χ3n) is 3.23. The molecule has 1 heterocycles. The van der Waals surface area contributed by atoms with Gasteiger partial charge in [0.2, 0.25) is 0 Å². The number of carboxylic acids is 1. The summed E-state index contributed by atoms with van der Waals surface area (Å²) in [5.41, 5.74) is 3.11. The summed E-state index contributed by atoms with van der Waals surface area (Å²) in [4.78, 5) is 24.7. The molecule has 0 bridgehead atoms. The topological polar surface area (TPSA) is 69.6 Å². The van der Waals surface area contributed by atoms with Gasteiger partial charge in [-0.1, -0.05) is 11.6 Å². The molecule has 2 amide bonds. The maximum Gasteiger partial charge on any atom is 0.335 e. The van der Waals surface area contributed by atoms with Crippen LogP contribution in [0, 0.1) is 0 Å². The second-order valence-electron chi connectivity index (χ2n) is 5.02. The molecule has 20 heavy (non-hydrogen) atoms. The van der Waals surface area contributed by atoms with Gasteiger partial charge in [0.25, 0.3) is 0 Å². The highest BCUT2D eigenvalue weighted by Gasteiger charge is 2.25. The molecule has 1 aromatic carbocycles. The Morgan fingerprint density at radius 2 is 2.15 bits per heavy atom. The summed E-state index contributed by atoms with van der Waals surface area (Å²) in [5, 5.41) is 11.8. The van der Waals surface area contributed by atoms with Gasteiger partial charge in [0, 0.05) is 18.8 Å². The van der Waals surface area contributed by atoms with Crippen molar-refractivity contribution < 1.29 is 14.7 Å². The van der Waals surface area contributed by atoms with Crippen LogP contribution in [0.3, 0.4) is 0 Å².